The Labute approximate surface area is 113 Å². The van der Waals surface area contributed by atoms with Gasteiger partial charge in [0.15, 0.2) is 0 Å². The van der Waals surface area contributed by atoms with Crippen LogP contribution in [-0.2, 0) is 0 Å². The Morgan fingerprint density at radius 3 is 2.63 bits per heavy atom. The molecular formula is C14H21N3O2. The zero-order valence-corrected chi connectivity index (χ0v) is 11.7. The lowest BCUT2D eigenvalue weighted by Gasteiger charge is -2.26. The number of hydrogen-bond donors (Lipinski definition) is 1. The van der Waals surface area contributed by atoms with Gasteiger partial charge in [0.05, 0.1) is 4.92 Å². The summed E-state index contributed by atoms with van der Waals surface area (Å²) in [5, 5.41) is 14.3. The van der Waals surface area contributed by atoms with Crippen molar-refractivity contribution in [1.29, 1.82) is 0 Å². The van der Waals surface area contributed by atoms with Crippen molar-refractivity contribution in [1.82, 2.24) is 0 Å². The van der Waals surface area contributed by atoms with Gasteiger partial charge in [-0.15, -0.1) is 0 Å². The molecule has 1 saturated carbocycles. The van der Waals surface area contributed by atoms with E-state index in [1.807, 2.05) is 12.1 Å². The van der Waals surface area contributed by atoms with E-state index in [-0.39, 0.29) is 10.6 Å². The number of nitro benzene ring substituents is 1. The van der Waals surface area contributed by atoms with Crippen LogP contribution in [0.1, 0.15) is 26.7 Å². The zero-order chi connectivity index (χ0) is 14.0. The second-order valence-electron chi connectivity index (χ2n) is 5.46. The molecule has 0 aliphatic heterocycles. The Balaban J connectivity index is 2.43. The highest BCUT2D eigenvalue weighted by atomic mass is 16.6. The van der Waals surface area contributed by atoms with E-state index in [2.05, 4.69) is 24.1 Å². The fourth-order valence-corrected chi connectivity index (χ4v) is 2.38. The Kier molecular flexibility index (Phi) is 3.93. The van der Waals surface area contributed by atoms with Gasteiger partial charge in [-0.2, -0.15) is 0 Å². The molecule has 5 nitrogen and oxygen atoms in total. The first-order valence-electron chi connectivity index (χ1n) is 6.76. The number of benzene rings is 1. The molecule has 104 valence electrons. The first-order valence-corrected chi connectivity index (χ1v) is 6.76. The van der Waals surface area contributed by atoms with Crippen molar-refractivity contribution in [3.8, 4) is 0 Å². The van der Waals surface area contributed by atoms with E-state index < -0.39 is 0 Å². The Morgan fingerprint density at radius 2 is 2.16 bits per heavy atom. The van der Waals surface area contributed by atoms with Crippen LogP contribution in [0.3, 0.4) is 0 Å². The lowest BCUT2D eigenvalue weighted by Crippen LogP contribution is -2.30. The molecule has 0 amide bonds. The molecule has 2 rings (SSSR count). The van der Waals surface area contributed by atoms with Gasteiger partial charge in [0.2, 0.25) is 0 Å². The minimum Gasteiger partial charge on any atom is -0.382 e. The molecule has 0 bridgehead atoms. The second kappa shape index (κ2) is 5.47. The first-order chi connectivity index (χ1) is 9.04. The van der Waals surface area contributed by atoms with Gasteiger partial charge in [-0.3, -0.25) is 10.1 Å². The molecule has 1 N–H and O–H groups in total. The van der Waals surface area contributed by atoms with E-state index in [9.17, 15) is 10.1 Å². The van der Waals surface area contributed by atoms with Gasteiger partial charge in [-0.25, -0.2) is 0 Å². The molecule has 0 unspecified atom stereocenters. The van der Waals surface area contributed by atoms with E-state index in [1.54, 1.807) is 13.1 Å². The SMILES string of the molecule is CNc1cccc(N(CC(C)C)C2CC2)c1[N+](=O)[O-]. The molecule has 1 aromatic rings. The molecular weight excluding hydrogens is 242 g/mol. The van der Waals surface area contributed by atoms with Crippen LogP contribution < -0.4 is 10.2 Å². The lowest BCUT2D eigenvalue weighted by molar-refractivity contribution is -0.383. The van der Waals surface area contributed by atoms with Crippen LogP contribution in [-0.4, -0.2) is 24.6 Å². The van der Waals surface area contributed by atoms with Gasteiger partial charge < -0.3 is 10.2 Å². The average molecular weight is 263 g/mol. The third kappa shape index (κ3) is 2.97. The molecule has 0 radical (unpaired) electrons. The number of rotatable bonds is 6. The van der Waals surface area contributed by atoms with Crippen molar-refractivity contribution < 1.29 is 4.92 Å². The molecule has 0 atom stereocenters. The summed E-state index contributed by atoms with van der Waals surface area (Å²) in [6.45, 7) is 5.14. The molecule has 0 heterocycles. The molecule has 1 fully saturated rings. The number of para-hydroxylation sites is 1. The third-order valence-corrected chi connectivity index (χ3v) is 3.33. The van der Waals surface area contributed by atoms with Gasteiger partial charge >= 0.3 is 5.69 Å². The van der Waals surface area contributed by atoms with Crippen LogP contribution in [0.4, 0.5) is 17.1 Å². The summed E-state index contributed by atoms with van der Waals surface area (Å²) in [5.41, 5.74) is 1.52. The number of anilines is 2. The first kappa shape index (κ1) is 13.6. The van der Waals surface area contributed by atoms with Crippen molar-refractivity contribution >= 4 is 17.1 Å². The highest BCUT2D eigenvalue weighted by molar-refractivity contribution is 5.77. The second-order valence-corrected chi connectivity index (χ2v) is 5.46. The highest BCUT2D eigenvalue weighted by Crippen LogP contribution is 2.40. The van der Waals surface area contributed by atoms with Crippen molar-refractivity contribution in [2.75, 3.05) is 23.8 Å². The molecule has 1 aromatic carbocycles. The number of hydrogen-bond acceptors (Lipinski definition) is 4. The van der Waals surface area contributed by atoms with Gasteiger partial charge in [0, 0.05) is 19.6 Å². The Hall–Kier alpha value is -1.78. The summed E-state index contributed by atoms with van der Waals surface area (Å²) in [5.74, 6) is 0.485. The van der Waals surface area contributed by atoms with Gasteiger partial charge in [0.1, 0.15) is 11.4 Å². The maximum Gasteiger partial charge on any atom is 0.315 e. The molecule has 0 spiro atoms. The normalized spacial score (nSPS) is 14.5. The number of nitrogens with zero attached hydrogens (tertiary/aromatic N) is 2. The molecule has 0 saturated heterocycles. The van der Waals surface area contributed by atoms with Crippen LogP contribution in [0.2, 0.25) is 0 Å². The molecule has 5 heteroatoms. The smallest absolute Gasteiger partial charge is 0.315 e. The van der Waals surface area contributed by atoms with E-state index in [1.165, 1.54) is 0 Å². The van der Waals surface area contributed by atoms with Crippen LogP contribution in [0.25, 0.3) is 0 Å². The minimum absolute atomic E-state index is 0.192. The maximum absolute atomic E-state index is 11.4. The predicted molar refractivity (Wildman–Crippen MR) is 77.8 cm³/mol. The predicted octanol–water partition coefficient (Wildman–Crippen LogP) is 3.26. The van der Waals surface area contributed by atoms with Crippen LogP contribution in [0, 0.1) is 16.0 Å². The lowest BCUT2D eigenvalue weighted by atomic mass is 10.1. The minimum atomic E-state index is -0.281. The molecule has 1 aliphatic rings. The maximum atomic E-state index is 11.4. The summed E-state index contributed by atoms with van der Waals surface area (Å²) < 4.78 is 0. The van der Waals surface area contributed by atoms with E-state index >= 15 is 0 Å². The topological polar surface area (TPSA) is 58.4 Å². The van der Waals surface area contributed by atoms with Crippen LogP contribution >= 0.6 is 0 Å². The van der Waals surface area contributed by atoms with E-state index in [0.29, 0.717) is 17.6 Å². The van der Waals surface area contributed by atoms with Gasteiger partial charge in [0.25, 0.3) is 0 Å². The van der Waals surface area contributed by atoms with Crippen molar-refractivity contribution in [3.05, 3.63) is 28.3 Å². The molecule has 0 aromatic heterocycles. The van der Waals surface area contributed by atoms with Crippen molar-refractivity contribution in [2.45, 2.75) is 32.7 Å². The number of nitrogens with one attached hydrogen (secondary N) is 1. The zero-order valence-electron chi connectivity index (χ0n) is 11.7. The summed E-state index contributed by atoms with van der Waals surface area (Å²) in [7, 11) is 1.72. The van der Waals surface area contributed by atoms with Crippen LogP contribution in [0.15, 0.2) is 18.2 Å². The standard InChI is InChI=1S/C14H21N3O2/c1-10(2)9-16(11-7-8-11)13-6-4-5-12(15-3)14(13)17(18)19/h4-6,10-11,15H,7-9H2,1-3H3. The monoisotopic (exact) mass is 263 g/mol. The van der Waals surface area contributed by atoms with E-state index in [4.69, 9.17) is 0 Å². The van der Waals surface area contributed by atoms with Gasteiger partial charge in [-0.05, 0) is 30.9 Å². The summed E-state index contributed by atoms with van der Waals surface area (Å²) in [6, 6.07) is 5.96. The fourth-order valence-electron chi connectivity index (χ4n) is 2.38. The van der Waals surface area contributed by atoms with Crippen molar-refractivity contribution in [3.63, 3.8) is 0 Å². The highest BCUT2D eigenvalue weighted by Gasteiger charge is 2.34. The Bertz CT molecular complexity index is 470. The van der Waals surface area contributed by atoms with Gasteiger partial charge in [-0.1, -0.05) is 19.9 Å². The number of nitro groups is 1. The average Bonchev–Trinajstić information content (AvgIpc) is 3.18. The quantitative estimate of drug-likeness (QED) is 0.632. The van der Waals surface area contributed by atoms with Crippen molar-refractivity contribution in [2.24, 2.45) is 5.92 Å². The summed E-state index contributed by atoms with van der Waals surface area (Å²) >= 11 is 0. The third-order valence-electron chi connectivity index (χ3n) is 3.33. The van der Waals surface area contributed by atoms with E-state index in [0.717, 1.165) is 25.1 Å². The fraction of sp³-hybridized carbons (Fsp3) is 0.571. The Morgan fingerprint density at radius 1 is 1.47 bits per heavy atom. The summed E-state index contributed by atoms with van der Waals surface area (Å²) in [6.07, 6.45) is 2.27. The molecule has 19 heavy (non-hydrogen) atoms. The van der Waals surface area contributed by atoms with Crippen LogP contribution in [0.5, 0.6) is 0 Å². The summed E-state index contributed by atoms with van der Waals surface area (Å²) in [4.78, 5) is 13.3. The largest absolute Gasteiger partial charge is 0.382 e. The molecule has 1 aliphatic carbocycles.